The van der Waals surface area contributed by atoms with Gasteiger partial charge in [0.15, 0.2) is 5.96 Å². The van der Waals surface area contributed by atoms with Gasteiger partial charge in [-0.1, -0.05) is 20.8 Å². The van der Waals surface area contributed by atoms with Crippen molar-refractivity contribution in [3.8, 4) is 11.5 Å². The Balaban J connectivity index is 2.00. The number of hydrogen-bond donors (Lipinski definition) is 2. The normalized spacial score (nSPS) is 12.1. The van der Waals surface area contributed by atoms with Crippen LogP contribution in [0.2, 0.25) is 0 Å². The average molecular weight is 391 g/mol. The summed E-state index contributed by atoms with van der Waals surface area (Å²) in [6, 6.07) is 5.61. The number of nitrogens with one attached hydrogen (secondary N) is 1. The highest BCUT2D eigenvalue weighted by Crippen LogP contribution is 2.29. The Labute approximate surface area is 165 Å². The molecule has 0 spiro atoms. The van der Waals surface area contributed by atoms with Crippen molar-refractivity contribution in [2.75, 3.05) is 25.1 Å². The lowest BCUT2D eigenvalue weighted by atomic mass is 9.93. The van der Waals surface area contributed by atoms with Crippen LogP contribution in [0.25, 0.3) is 0 Å². The number of benzene rings is 1. The second kappa shape index (κ2) is 9.60. The molecule has 0 aliphatic carbocycles. The monoisotopic (exact) mass is 390 g/mol. The van der Waals surface area contributed by atoms with E-state index in [0.29, 0.717) is 31.5 Å². The first-order valence-electron chi connectivity index (χ1n) is 9.25. The van der Waals surface area contributed by atoms with Crippen LogP contribution in [-0.2, 0) is 11.8 Å². The van der Waals surface area contributed by atoms with Gasteiger partial charge < -0.3 is 20.5 Å². The molecule has 0 fully saturated rings. The number of aromatic nitrogens is 1. The molecule has 0 atom stereocenters. The number of aliphatic imine (C=N–C) groups is 1. The van der Waals surface area contributed by atoms with E-state index in [-0.39, 0.29) is 5.41 Å². The summed E-state index contributed by atoms with van der Waals surface area (Å²) in [6.07, 6.45) is 0.764. The van der Waals surface area contributed by atoms with Gasteiger partial charge in [0.25, 0.3) is 0 Å². The van der Waals surface area contributed by atoms with Crippen molar-refractivity contribution in [1.82, 2.24) is 4.98 Å². The quantitative estimate of drug-likeness (QED) is 0.521. The third-order valence-electron chi connectivity index (χ3n) is 3.75. The van der Waals surface area contributed by atoms with Crippen LogP contribution < -0.4 is 20.5 Å². The third kappa shape index (κ3) is 6.43. The van der Waals surface area contributed by atoms with Crippen LogP contribution in [0.3, 0.4) is 0 Å². The summed E-state index contributed by atoms with van der Waals surface area (Å²) in [5.41, 5.74) is 7.99. The number of nitrogens with two attached hydrogens (primary N) is 1. The van der Waals surface area contributed by atoms with E-state index in [1.165, 1.54) is 0 Å². The average Bonchev–Trinajstić information content (AvgIpc) is 3.07. The molecule has 0 unspecified atom stereocenters. The fraction of sp³-hybridized carbons (Fsp3) is 0.500. The molecule has 3 N–H and O–H groups in total. The van der Waals surface area contributed by atoms with Crippen molar-refractivity contribution < 1.29 is 9.47 Å². The van der Waals surface area contributed by atoms with Gasteiger partial charge in [0, 0.05) is 29.8 Å². The van der Waals surface area contributed by atoms with Crippen molar-refractivity contribution in [1.29, 1.82) is 0 Å². The molecule has 0 saturated heterocycles. The number of anilines is 1. The number of guanidine groups is 1. The van der Waals surface area contributed by atoms with E-state index in [1.807, 2.05) is 32.0 Å². The Kier molecular flexibility index (Phi) is 7.47. The summed E-state index contributed by atoms with van der Waals surface area (Å²) in [5, 5.41) is 6.31. The smallest absolute Gasteiger partial charge is 0.193 e. The molecule has 1 aromatic heterocycles. The minimum absolute atomic E-state index is 0.0693. The molecule has 0 aliphatic rings. The third-order valence-corrected chi connectivity index (χ3v) is 4.66. The van der Waals surface area contributed by atoms with Gasteiger partial charge in [0.1, 0.15) is 11.5 Å². The molecule has 6 nitrogen and oxygen atoms in total. The van der Waals surface area contributed by atoms with Crippen LogP contribution in [-0.4, -0.2) is 30.7 Å². The molecule has 0 saturated carbocycles. The Hall–Kier alpha value is -2.28. The zero-order valence-corrected chi connectivity index (χ0v) is 17.7. The molecule has 1 aromatic carbocycles. The fourth-order valence-corrected chi connectivity index (χ4v) is 3.38. The molecule has 2 aromatic rings. The highest BCUT2D eigenvalue weighted by molar-refractivity contribution is 7.09. The van der Waals surface area contributed by atoms with E-state index in [9.17, 15) is 0 Å². The van der Waals surface area contributed by atoms with E-state index in [1.54, 1.807) is 11.3 Å². The fourth-order valence-electron chi connectivity index (χ4n) is 2.36. The van der Waals surface area contributed by atoms with Gasteiger partial charge in [0.05, 0.1) is 29.6 Å². The van der Waals surface area contributed by atoms with Gasteiger partial charge in [-0.15, -0.1) is 11.3 Å². The van der Waals surface area contributed by atoms with Crippen LogP contribution in [0.15, 0.2) is 28.6 Å². The van der Waals surface area contributed by atoms with Crippen LogP contribution in [0, 0.1) is 0 Å². The lowest BCUT2D eigenvalue weighted by molar-refractivity contribution is 0.332. The van der Waals surface area contributed by atoms with Gasteiger partial charge in [-0.05, 0) is 26.0 Å². The van der Waals surface area contributed by atoms with E-state index in [4.69, 9.17) is 15.2 Å². The molecular weight excluding hydrogens is 360 g/mol. The molecule has 1 heterocycles. The summed E-state index contributed by atoms with van der Waals surface area (Å²) in [7, 11) is 0. The highest BCUT2D eigenvalue weighted by Gasteiger charge is 2.17. The van der Waals surface area contributed by atoms with Crippen molar-refractivity contribution >= 4 is 23.0 Å². The second-order valence-electron chi connectivity index (χ2n) is 7.04. The summed E-state index contributed by atoms with van der Waals surface area (Å²) in [5.74, 6) is 1.82. The summed E-state index contributed by atoms with van der Waals surface area (Å²) < 4.78 is 11.2. The number of ether oxygens (including phenoxy) is 2. The minimum atomic E-state index is 0.0693. The van der Waals surface area contributed by atoms with E-state index < -0.39 is 0 Å². The van der Waals surface area contributed by atoms with Crippen molar-refractivity contribution in [3.63, 3.8) is 0 Å². The zero-order chi connectivity index (χ0) is 19.9. The van der Waals surface area contributed by atoms with Gasteiger partial charge in [0.2, 0.25) is 0 Å². The Morgan fingerprint density at radius 2 is 1.96 bits per heavy atom. The van der Waals surface area contributed by atoms with Crippen molar-refractivity contribution in [2.45, 2.75) is 46.5 Å². The summed E-state index contributed by atoms with van der Waals surface area (Å²) >= 11 is 1.67. The van der Waals surface area contributed by atoms with Crippen LogP contribution in [0.5, 0.6) is 11.5 Å². The number of hydrogen-bond acceptors (Lipinski definition) is 5. The van der Waals surface area contributed by atoms with Crippen molar-refractivity contribution in [2.24, 2.45) is 10.7 Å². The molecule has 27 heavy (non-hydrogen) atoms. The Morgan fingerprint density at radius 1 is 1.22 bits per heavy atom. The Bertz CT molecular complexity index is 766. The second-order valence-corrected chi connectivity index (χ2v) is 7.99. The number of thiazole rings is 1. The SMILES string of the molecule is CCOc1ccc(OCC)c(NC(N)=NCCc2nc(C(C)(C)C)cs2)c1. The topological polar surface area (TPSA) is 81.8 Å². The first-order chi connectivity index (χ1) is 12.8. The molecule has 0 bridgehead atoms. The molecule has 0 aliphatic heterocycles. The van der Waals surface area contributed by atoms with Crippen molar-refractivity contribution in [3.05, 3.63) is 34.3 Å². The van der Waals surface area contributed by atoms with E-state index in [0.717, 1.165) is 28.6 Å². The van der Waals surface area contributed by atoms with Gasteiger partial charge in [-0.2, -0.15) is 0 Å². The summed E-state index contributed by atoms with van der Waals surface area (Å²) in [4.78, 5) is 9.10. The predicted octanol–water partition coefficient (Wildman–Crippen LogP) is 4.21. The molecule has 0 amide bonds. The number of rotatable bonds is 8. The van der Waals surface area contributed by atoms with Gasteiger partial charge >= 0.3 is 0 Å². The standard InChI is InChI=1S/C20H30N4O2S/c1-6-25-14-8-9-16(26-7-2)15(12-14)23-19(21)22-11-10-18-24-17(13-27-18)20(3,4)5/h8-9,12-13H,6-7,10-11H2,1-5H3,(H3,21,22,23). The number of nitrogens with zero attached hydrogens (tertiary/aromatic N) is 2. The predicted molar refractivity (Wildman–Crippen MR) is 113 cm³/mol. The molecule has 0 radical (unpaired) electrons. The van der Waals surface area contributed by atoms with Crippen LogP contribution in [0.4, 0.5) is 5.69 Å². The maximum absolute atomic E-state index is 6.06. The first kappa shape index (κ1) is 21.0. The lowest BCUT2D eigenvalue weighted by Crippen LogP contribution is -2.23. The zero-order valence-electron chi connectivity index (χ0n) is 16.8. The summed E-state index contributed by atoms with van der Waals surface area (Å²) in [6.45, 7) is 12.1. The molecular formula is C20H30N4O2S. The van der Waals surface area contributed by atoms with E-state index in [2.05, 4.69) is 41.4 Å². The largest absolute Gasteiger partial charge is 0.494 e. The first-order valence-corrected chi connectivity index (χ1v) is 10.1. The Morgan fingerprint density at radius 3 is 2.59 bits per heavy atom. The maximum Gasteiger partial charge on any atom is 0.193 e. The highest BCUT2D eigenvalue weighted by atomic mass is 32.1. The molecule has 7 heteroatoms. The molecule has 2 rings (SSSR count). The molecule has 148 valence electrons. The minimum Gasteiger partial charge on any atom is -0.494 e. The van der Waals surface area contributed by atoms with E-state index >= 15 is 0 Å². The van der Waals surface area contributed by atoms with Gasteiger partial charge in [-0.25, -0.2) is 4.98 Å². The van der Waals surface area contributed by atoms with Crippen LogP contribution in [0.1, 0.15) is 45.3 Å². The maximum atomic E-state index is 6.06. The lowest BCUT2D eigenvalue weighted by Gasteiger charge is -2.14. The van der Waals surface area contributed by atoms with Crippen LogP contribution >= 0.6 is 11.3 Å². The van der Waals surface area contributed by atoms with Gasteiger partial charge in [-0.3, -0.25) is 4.99 Å².